The third-order valence-electron chi connectivity index (χ3n) is 4.87. The van der Waals surface area contributed by atoms with E-state index in [1.807, 2.05) is 24.3 Å². The van der Waals surface area contributed by atoms with Gasteiger partial charge in [0.15, 0.2) is 11.5 Å². The lowest BCUT2D eigenvalue weighted by Gasteiger charge is -2.34. The zero-order chi connectivity index (χ0) is 18.5. The molecule has 1 aromatic carbocycles. The highest BCUT2D eigenvalue weighted by molar-refractivity contribution is 5.77. The fourth-order valence-corrected chi connectivity index (χ4v) is 3.35. The molecule has 1 aromatic heterocycles. The molecule has 2 aliphatic heterocycles. The van der Waals surface area contributed by atoms with Crippen molar-refractivity contribution in [2.45, 2.75) is 13.1 Å². The van der Waals surface area contributed by atoms with E-state index in [0.29, 0.717) is 19.9 Å². The number of ether oxygens (including phenoxy) is 2. The van der Waals surface area contributed by atoms with Gasteiger partial charge in [-0.3, -0.25) is 19.6 Å². The van der Waals surface area contributed by atoms with Gasteiger partial charge in [-0.25, -0.2) is 0 Å². The number of carbonyl (C=O) groups excluding carboxylic acids is 1. The first-order valence-corrected chi connectivity index (χ1v) is 9.26. The van der Waals surface area contributed by atoms with Crippen LogP contribution in [0.4, 0.5) is 0 Å². The Morgan fingerprint density at radius 2 is 1.85 bits per heavy atom. The second-order valence-electron chi connectivity index (χ2n) is 6.84. The molecule has 0 aliphatic carbocycles. The van der Waals surface area contributed by atoms with Gasteiger partial charge in [-0.05, 0) is 29.8 Å². The number of amides is 1. The average Bonchev–Trinajstić information content (AvgIpc) is 3.17. The molecule has 7 heteroatoms. The Morgan fingerprint density at radius 3 is 2.67 bits per heavy atom. The standard InChI is InChI=1S/C20H24N4O3/c25-20(22-12-17-3-1-2-6-21-17)14-24-9-7-23(8-10-24)13-16-4-5-18-19(11-16)27-15-26-18/h1-6,11H,7-10,12-15H2,(H,22,25). The predicted octanol–water partition coefficient (Wildman–Crippen LogP) is 1.24. The molecule has 1 saturated heterocycles. The molecular formula is C20H24N4O3. The third kappa shape index (κ3) is 4.75. The largest absolute Gasteiger partial charge is 0.454 e. The van der Waals surface area contributed by atoms with E-state index in [-0.39, 0.29) is 5.91 Å². The zero-order valence-electron chi connectivity index (χ0n) is 15.3. The van der Waals surface area contributed by atoms with Gasteiger partial charge in [-0.15, -0.1) is 0 Å². The van der Waals surface area contributed by atoms with Crippen LogP contribution < -0.4 is 14.8 Å². The van der Waals surface area contributed by atoms with E-state index in [2.05, 4.69) is 32.2 Å². The topological polar surface area (TPSA) is 66.9 Å². The van der Waals surface area contributed by atoms with Crippen molar-refractivity contribution in [3.05, 3.63) is 53.9 Å². The Labute approximate surface area is 158 Å². The second kappa shape index (κ2) is 8.37. The Hall–Kier alpha value is -2.64. The highest BCUT2D eigenvalue weighted by Crippen LogP contribution is 2.32. The maximum absolute atomic E-state index is 12.1. The van der Waals surface area contributed by atoms with Crippen molar-refractivity contribution in [3.8, 4) is 11.5 Å². The number of pyridine rings is 1. The van der Waals surface area contributed by atoms with Crippen LogP contribution in [0, 0.1) is 0 Å². The number of rotatable bonds is 6. The summed E-state index contributed by atoms with van der Waals surface area (Å²) in [5.74, 6) is 1.70. The van der Waals surface area contributed by atoms with Gasteiger partial charge in [-0.1, -0.05) is 12.1 Å². The molecule has 0 radical (unpaired) electrons. The molecule has 2 aliphatic rings. The number of nitrogens with one attached hydrogen (secondary N) is 1. The second-order valence-corrected chi connectivity index (χ2v) is 6.84. The molecule has 2 aromatic rings. The SMILES string of the molecule is O=C(CN1CCN(Cc2ccc3c(c2)OCO3)CC1)NCc1ccccn1. The van der Waals surface area contributed by atoms with E-state index in [1.54, 1.807) is 6.20 Å². The first-order valence-electron chi connectivity index (χ1n) is 9.26. The van der Waals surface area contributed by atoms with E-state index in [9.17, 15) is 4.79 Å². The monoisotopic (exact) mass is 368 g/mol. The van der Waals surface area contributed by atoms with Crippen molar-refractivity contribution >= 4 is 5.91 Å². The molecule has 0 saturated carbocycles. The Kier molecular flexibility index (Phi) is 5.50. The van der Waals surface area contributed by atoms with Crippen LogP contribution >= 0.6 is 0 Å². The summed E-state index contributed by atoms with van der Waals surface area (Å²) in [7, 11) is 0. The molecule has 142 valence electrons. The number of aromatic nitrogens is 1. The van der Waals surface area contributed by atoms with Crippen LogP contribution in [0.2, 0.25) is 0 Å². The fraction of sp³-hybridized carbons (Fsp3) is 0.400. The molecular weight excluding hydrogens is 344 g/mol. The van der Waals surface area contributed by atoms with Gasteiger partial charge >= 0.3 is 0 Å². The predicted molar refractivity (Wildman–Crippen MR) is 100 cm³/mol. The zero-order valence-corrected chi connectivity index (χ0v) is 15.3. The van der Waals surface area contributed by atoms with Gasteiger partial charge in [0, 0.05) is 38.9 Å². The fourth-order valence-electron chi connectivity index (χ4n) is 3.35. The molecule has 0 bridgehead atoms. The van der Waals surface area contributed by atoms with E-state index < -0.39 is 0 Å². The lowest BCUT2D eigenvalue weighted by Crippen LogP contribution is -2.49. The van der Waals surface area contributed by atoms with Crippen LogP contribution in [-0.2, 0) is 17.9 Å². The van der Waals surface area contributed by atoms with Crippen LogP contribution in [0.25, 0.3) is 0 Å². The lowest BCUT2D eigenvalue weighted by molar-refractivity contribution is -0.122. The first-order chi connectivity index (χ1) is 13.3. The Morgan fingerprint density at radius 1 is 1.04 bits per heavy atom. The molecule has 3 heterocycles. The van der Waals surface area contributed by atoms with Gasteiger partial charge < -0.3 is 14.8 Å². The summed E-state index contributed by atoms with van der Waals surface area (Å²) < 4.78 is 10.8. The van der Waals surface area contributed by atoms with Crippen LogP contribution in [0.15, 0.2) is 42.6 Å². The number of benzene rings is 1. The minimum atomic E-state index is 0.0462. The number of nitrogens with zero attached hydrogens (tertiary/aromatic N) is 3. The van der Waals surface area contributed by atoms with Crippen molar-refractivity contribution in [1.82, 2.24) is 20.1 Å². The number of piperazine rings is 1. The van der Waals surface area contributed by atoms with Crippen molar-refractivity contribution < 1.29 is 14.3 Å². The van der Waals surface area contributed by atoms with Gasteiger partial charge in [0.1, 0.15) is 0 Å². The molecule has 4 rings (SSSR count). The van der Waals surface area contributed by atoms with Crippen LogP contribution in [0.1, 0.15) is 11.3 Å². The molecule has 1 amide bonds. The third-order valence-corrected chi connectivity index (χ3v) is 4.87. The summed E-state index contributed by atoms with van der Waals surface area (Å²) >= 11 is 0. The number of carbonyl (C=O) groups is 1. The smallest absolute Gasteiger partial charge is 0.234 e. The maximum Gasteiger partial charge on any atom is 0.234 e. The average molecular weight is 368 g/mol. The van der Waals surface area contributed by atoms with Gasteiger partial charge in [0.2, 0.25) is 12.7 Å². The normalized spacial score (nSPS) is 17.0. The highest BCUT2D eigenvalue weighted by atomic mass is 16.7. The van der Waals surface area contributed by atoms with Crippen molar-refractivity contribution in [1.29, 1.82) is 0 Å². The summed E-state index contributed by atoms with van der Waals surface area (Å²) in [4.78, 5) is 21.0. The molecule has 0 atom stereocenters. The quantitative estimate of drug-likeness (QED) is 0.828. The van der Waals surface area contributed by atoms with E-state index >= 15 is 0 Å². The van der Waals surface area contributed by atoms with Gasteiger partial charge in [0.25, 0.3) is 0 Å². The van der Waals surface area contributed by atoms with Crippen LogP contribution in [0.3, 0.4) is 0 Å². The molecule has 0 spiro atoms. The highest BCUT2D eigenvalue weighted by Gasteiger charge is 2.20. The minimum Gasteiger partial charge on any atom is -0.454 e. The summed E-state index contributed by atoms with van der Waals surface area (Å²) in [6, 6.07) is 11.8. The van der Waals surface area contributed by atoms with Crippen molar-refractivity contribution in [2.75, 3.05) is 39.5 Å². The van der Waals surface area contributed by atoms with E-state index in [0.717, 1.165) is 49.9 Å². The molecule has 27 heavy (non-hydrogen) atoms. The first kappa shape index (κ1) is 17.8. The number of fused-ring (bicyclic) bond motifs is 1. The Bertz CT molecular complexity index is 776. The summed E-state index contributed by atoms with van der Waals surface area (Å²) in [5.41, 5.74) is 2.10. The number of hydrogen-bond acceptors (Lipinski definition) is 6. The summed E-state index contributed by atoms with van der Waals surface area (Å²) in [5, 5.41) is 2.94. The molecule has 7 nitrogen and oxygen atoms in total. The van der Waals surface area contributed by atoms with Crippen molar-refractivity contribution in [3.63, 3.8) is 0 Å². The molecule has 0 unspecified atom stereocenters. The maximum atomic E-state index is 12.1. The minimum absolute atomic E-state index is 0.0462. The summed E-state index contributed by atoms with van der Waals surface area (Å²) in [6.45, 7) is 5.78. The van der Waals surface area contributed by atoms with E-state index in [1.165, 1.54) is 5.56 Å². The van der Waals surface area contributed by atoms with Gasteiger partial charge in [-0.2, -0.15) is 0 Å². The lowest BCUT2D eigenvalue weighted by atomic mass is 10.1. The molecule has 1 N–H and O–H groups in total. The van der Waals surface area contributed by atoms with E-state index in [4.69, 9.17) is 9.47 Å². The Balaban J connectivity index is 1.19. The van der Waals surface area contributed by atoms with Crippen LogP contribution in [-0.4, -0.2) is 60.2 Å². The summed E-state index contributed by atoms with van der Waals surface area (Å²) in [6.07, 6.45) is 1.74. The van der Waals surface area contributed by atoms with Crippen molar-refractivity contribution in [2.24, 2.45) is 0 Å². The van der Waals surface area contributed by atoms with Gasteiger partial charge in [0.05, 0.1) is 18.8 Å². The molecule has 1 fully saturated rings. The van der Waals surface area contributed by atoms with Crippen LogP contribution in [0.5, 0.6) is 11.5 Å². The number of hydrogen-bond donors (Lipinski definition) is 1.